The second-order valence-corrected chi connectivity index (χ2v) is 4.94. The molecule has 2 rings (SSSR count). The molecule has 1 aromatic rings. The van der Waals surface area contributed by atoms with Crippen molar-refractivity contribution >= 4 is 5.91 Å². The molecule has 3 heteroatoms. The quantitative estimate of drug-likeness (QED) is 0.842. The molecule has 92 valence electrons. The Hall–Kier alpha value is -1.35. The van der Waals surface area contributed by atoms with Crippen molar-refractivity contribution in [1.82, 2.24) is 10.2 Å². The van der Waals surface area contributed by atoms with Crippen molar-refractivity contribution in [2.24, 2.45) is 0 Å². The van der Waals surface area contributed by atoms with Crippen LogP contribution in [0.5, 0.6) is 0 Å². The van der Waals surface area contributed by atoms with Gasteiger partial charge in [0.2, 0.25) is 0 Å². The monoisotopic (exact) mass is 232 g/mol. The molecular weight excluding hydrogens is 212 g/mol. The van der Waals surface area contributed by atoms with Crippen LogP contribution in [0, 0.1) is 13.8 Å². The van der Waals surface area contributed by atoms with Crippen LogP contribution in [0.25, 0.3) is 0 Å². The van der Waals surface area contributed by atoms with Gasteiger partial charge in [-0.15, -0.1) is 0 Å². The van der Waals surface area contributed by atoms with Crippen LogP contribution >= 0.6 is 0 Å². The number of benzene rings is 1. The van der Waals surface area contributed by atoms with Crippen LogP contribution in [0.1, 0.15) is 27.9 Å². The summed E-state index contributed by atoms with van der Waals surface area (Å²) in [6, 6.07) is 6.36. The smallest absolute Gasteiger partial charge is 0.253 e. The van der Waals surface area contributed by atoms with Crippen molar-refractivity contribution in [3.8, 4) is 0 Å². The fourth-order valence-electron chi connectivity index (χ4n) is 2.44. The van der Waals surface area contributed by atoms with Gasteiger partial charge in [-0.1, -0.05) is 17.2 Å². The van der Waals surface area contributed by atoms with Gasteiger partial charge in [0.25, 0.3) is 5.91 Å². The van der Waals surface area contributed by atoms with Crippen LogP contribution in [0.4, 0.5) is 0 Å². The van der Waals surface area contributed by atoms with Gasteiger partial charge in [-0.25, -0.2) is 0 Å². The fourth-order valence-corrected chi connectivity index (χ4v) is 2.44. The molecule has 1 amide bonds. The number of rotatable bonds is 2. The van der Waals surface area contributed by atoms with E-state index in [1.807, 2.05) is 37.9 Å². The van der Waals surface area contributed by atoms with Crippen molar-refractivity contribution in [2.45, 2.75) is 26.3 Å². The number of carbonyl (C=O) groups is 1. The van der Waals surface area contributed by atoms with E-state index in [1.165, 1.54) is 0 Å². The second kappa shape index (κ2) is 4.88. The number of aryl methyl sites for hydroxylation is 2. The maximum absolute atomic E-state index is 12.3. The van der Waals surface area contributed by atoms with Gasteiger partial charge in [0.15, 0.2) is 0 Å². The Kier molecular flexibility index (Phi) is 3.48. The molecule has 3 nitrogen and oxygen atoms in total. The minimum absolute atomic E-state index is 0.130. The van der Waals surface area contributed by atoms with Gasteiger partial charge < -0.3 is 10.2 Å². The number of carbonyl (C=O) groups excluding carboxylic acids is 1. The maximum atomic E-state index is 12.3. The lowest BCUT2D eigenvalue weighted by molar-refractivity contribution is 0.0743. The van der Waals surface area contributed by atoms with Crippen molar-refractivity contribution in [1.29, 1.82) is 0 Å². The molecule has 1 heterocycles. The van der Waals surface area contributed by atoms with Gasteiger partial charge in [0.05, 0.1) is 0 Å². The van der Waals surface area contributed by atoms with Crippen LogP contribution < -0.4 is 5.32 Å². The summed E-state index contributed by atoms with van der Waals surface area (Å²) >= 11 is 0. The van der Waals surface area contributed by atoms with Crippen LogP contribution in [0.3, 0.4) is 0 Å². The van der Waals surface area contributed by atoms with Crippen LogP contribution in [-0.4, -0.2) is 37.0 Å². The van der Waals surface area contributed by atoms with E-state index in [0.717, 1.165) is 36.2 Å². The summed E-state index contributed by atoms with van der Waals surface area (Å²) in [6.07, 6.45) is 1.05. The number of nitrogens with zero attached hydrogens (tertiary/aromatic N) is 1. The van der Waals surface area contributed by atoms with E-state index in [0.29, 0.717) is 6.04 Å². The highest BCUT2D eigenvalue weighted by atomic mass is 16.2. The van der Waals surface area contributed by atoms with E-state index in [4.69, 9.17) is 0 Å². The summed E-state index contributed by atoms with van der Waals surface area (Å²) in [5.74, 6) is 0.130. The zero-order valence-electron chi connectivity index (χ0n) is 10.8. The Bertz CT molecular complexity index is 402. The third kappa shape index (κ3) is 2.67. The Balaban J connectivity index is 2.17. The van der Waals surface area contributed by atoms with Crippen LogP contribution in [0.2, 0.25) is 0 Å². The number of likely N-dealkylation sites (N-methyl/N-ethyl adjacent to an activating group) is 1. The first-order valence-corrected chi connectivity index (χ1v) is 6.14. The molecular formula is C14H20N2O. The third-order valence-corrected chi connectivity index (χ3v) is 3.37. The SMILES string of the molecule is Cc1cc(C)cc(C(=O)N(C)C2CCNC2)c1. The Labute approximate surface area is 103 Å². The maximum Gasteiger partial charge on any atom is 0.253 e. The lowest BCUT2D eigenvalue weighted by atomic mass is 10.1. The van der Waals surface area contributed by atoms with Crippen molar-refractivity contribution in [2.75, 3.05) is 20.1 Å². The predicted octanol–water partition coefficient (Wildman–Crippen LogP) is 1.74. The predicted molar refractivity (Wildman–Crippen MR) is 69.3 cm³/mol. The number of hydrogen-bond donors (Lipinski definition) is 1. The highest BCUT2D eigenvalue weighted by Crippen LogP contribution is 2.14. The Morgan fingerprint density at radius 3 is 2.47 bits per heavy atom. The van der Waals surface area contributed by atoms with Gasteiger partial charge in [0, 0.05) is 25.2 Å². The molecule has 0 saturated carbocycles. The first kappa shape index (κ1) is 12.1. The van der Waals surface area contributed by atoms with Crippen LogP contribution in [0.15, 0.2) is 18.2 Å². The molecule has 1 aliphatic rings. The third-order valence-electron chi connectivity index (χ3n) is 3.37. The molecule has 0 aromatic heterocycles. The summed E-state index contributed by atoms with van der Waals surface area (Å²) < 4.78 is 0. The molecule has 1 saturated heterocycles. The molecule has 0 aliphatic carbocycles. The number of nitrogens with one attached hydrogen (secondary N) is 1. The molecule has 0 bridgehead atoms. The zero-order valence-corrected chi connectivity index (χ0v) is 10.8. The average Bonchev–Trinajstić information content (AvgIpc) is 2.79. The van der Waals surface area contributed by atoms with E-state index in [9.17, 15) is 4.79 Å². The summed E-state index contributed by atoms with van der Waals surface area (Å²) in [7, 11) is 1.90. The molecule has 17 heavy (non-hydrogen) atoms. The Morgan fingerprint density at radius 1 is 1.29 bits per heavy atom. The van der Waals surface area contributed by atoms with E-state index < -0.39 is 0 Å². The number of amides is 1. The molecule has 1 unspecified atom stereocenters. The molecule has 1 aromatic carbocycles. The van der Waals surface area contributed by atoms with Gasteiger partial charge in [-0.2, -0.15) is 0 Å². The second-order valence-electron chi connectivity index (χ2n) is 4.94. The standard InChI is InChI=1S/C14H20N2O/c1-10-6-11(2)8-12(7-10)14(17)16(3)13-4-5-15-9-13/h6-8,13,15H,4-5,9H2,1-3H3. The highest BCUT2D eigenvalue weighted by Gasteiger charge is 2.24. The lowest BCUT2D eigenvalue weighted by Gasteiger charge is -2.24. The molecule has 0 radical (unpaired) electrons. The summed E-state index contributed by atoms with van der Waals surface area (Å²) in [5.41, 5.74) is 3.09. The molecule has 1 atom stereocenters. The molecule has 0 spiro atoms. The minimum atomic E-state index is 0.130. The van der Waals surface area contributed by atoms with E-state index in [2.05, 4.69) is 11.4 Å². The van der Waals surface area contributed by atoms with Gasteiger partial charge in [-0.05, 0) is 38.9 Å². The van der Waals surface area contributed by atoms with Gasteiger partial charge >= 0.3 is 0 Å². The summed E-state index contributed by atoms with van der Waals surface area (Å²) in [6.45, 7) is 5.98. The summed E-state index contributed by atoms with van der Waals surface area (Å²) in [5, 5.41) is 3.29. The first-order chi connectivity index (χ1) is 8.08. The topological polar surface area (TPSA) is 32.3 Å². The van der Waals surface area contributed by atoms with Gasteiger partial charge in [-0.3, -0.25) is 4.79 Å². The molecule has 1 aliphatic heterocycles. The van der Waals surface area contributed by atoms with E-state index in [-0.39, 0.29) is 5.91 Å². The fraction of sp³-hybridized carbons (Fsp3) is 0.500. The molecule has 1 N–H and O–H groups in total. The van der Waals surface area contributed by atoms with Crippen molar-refractivity contribution in [3.63, 3.8) is 0 Å². The molecule has 1 fully saturated rings. The zero-order chi connectivity index (χ0) is 12.4. The van der Waals surface area contributed by atoms with Crippen molar-refractivity contribution in [3.05, 3.63) is 34.9 Å². The van der Waals surface area contributed by atoms with Gasteiger partial charge in [0.1, 0.15) is 0 Å². The average molecular weight is 232 g/mol. The normalized spacial score (nSPS) is 19.4. The van der Waals surface area contributed by atoms with E-state index >= 15 is 0 Å². The lowest BCUT2D eigenvalue weighted by Crippen LogP contribution is -2.38. The Morgan fingerprint density at radius 2 is 1.94 bits per heavy atom. The first-order valence-electron chi connectivity index (χ1n) is 6.14. The largest absolute Gasteiger partial charge is 0.337 e. The number of hydrogen-bond acceptors (Lipinski definition) is 2. The highest BCUT2D eigenvalue weighted by molar-refractivity contribution is 5.94. The van der Waals surface area contributed by atoms with E-state index in [1.54, 1.807) is 0 Å². The van der Waals surface area contributed by atoms with Crippen molar-refractivity contribution < 1.29 is 4.79 Å². The summed E-state index contributed by atoms with van der Waals surface area (Å²) in [4.78, 5) is 14.2. The van der Waals surface area contributed by atoms with Crippen LogP contribution in [-0.2, 0) is 0 Å². The minimum Gasteiger partial charge on any atom is -0.337 e.